The monoisotopic (exact) mass is 249 g/mol. The third kappa shape index (κ3) is 2.42. The smallest absolute Gasteiger partial charge is 0.257 e. The van der Waals surface area contributed by atoms with Crippen LogP contribution in [0.1, 0.15) is 10.4 Å². The molecule has 18 heavy (non-hydrogen) atoms. The molecule has 1 heterocycles. The molecule has 1 amide bonds. The first-order valence-electron chi connectivity index (χ1n) is 5.04. The van der Waals surface area contributed by atoms with Crippen LogP contribution in [0.5, 0.6) is 0 Å². The zero-order valence-corrected chi connectivity index (χ0v) is 9.15. The predicted molar refractivity (Wildman–Crippen MR) is 63.0 cm³/mol. The number of aromatic nitrogens is 1. The van der Waals surface area contributed by atoms with E-state index in [0.29, 0.717) is 6.07 Å². The summed E-state index contributed by atoms with van der Waals surface area (Å²) in [7, 11) is 0. The van der Waals surface area contributed by atoms with Gasteiger partial charge in [-0.05, 0) is 18.2 Å². The summed E-state index contributed by atoms with van der Waals surface area (Å²) >= 11 is 0. The molecule has 0 saturated heterocycles. The molecule has 4 nitrogen and oxygen atoms in total. The standard InChI is InChI=1S/C12H9F2N3O/c13-8-4-9(14)11(10(15)5-8)17-12(18)7-2-1-3-16-6-7/h1-6H,15H2,(H,17,18). The fraction of sp³-hybridized carbons (Fsp3) is 0. The van der Waals surface area contributed by atoms with Crippen LogP contribution in [0.2, 0.25) is 0 Å². The molecule has 0 radical (unpaired) electrons. The molecule has 0 saturated carbocycles. The van der Waals surface area contributed by atoms with Crippen LogP contribution in [-0.2, 0) is 0 Å². The van der Waals surface area contributed by atoms with Gasteiger partial charge in [0.15, 0.2) is 5.82 Å². The highest BCUT2D eigenvalue weighted by Crippen LogP contribution is 2.24. The van der Waals surface area contributed by atoms with Crippen molar-refractivity contribution in [2.24, 2.45) is 0 Å². The Bertz CT molecular complexity index is 564. The highest BCUT2D eigenvalue weighted by Gasteiger charge is 2.13. The zero-order valence-electron chi connectivity index (χ0n) is 9.15. The van der Waals surface area contributed by atoms with E-state index in [2.05, 4.69) is 10.3 Å². The molecule has 2 aromatic rings. The topological polar surface area (TPSA) is 68.0 Å². The lowest BCUT2D eigenvalue weighted by molar-refractivity contribution is 0.102. The first-order chi connectivity index (χ1) is 8.58. The number of nitrogens with two attached hydrogens (primary N) is 1. The number of anilines is 2. The highest BCUT2D eigenvalue weighted by molar-refractivity contribution is 6.05. The first-order valence-corrected chi connectivity index (χ1v) is 5.04. The maximum atomic E-state index is 13.4. The molecule has 0 spiro atoms. The first kappa shape index (κ1) is 12.0. The Morgan fingerprint density at radius 3 is 2.72 bits per heavy atom. The van der Waals surface area contributed by atoms with Crippen molar-refractivity contribution >= 4 is 17.3 Å². The molecular weight excluding hydrogens is 240 g/mol. The number of carbonyl (C=O) groups is 1. The summed E-state index contributed by atoms with van der Waals surface area (Å²) in [6, 6.07) is 4.66. The van der Waals surface area contributed by atoms with Crippen LogP contribution in [0.3, 0.4) is 0 Å². The van der Waals surface area contributed by atoms with Crippen molar-refractivity contribution in [3.63, 3.8) is 0 Å². The van der Waals surface area contributed by atoms with Crippen LogP contribution in [0.25, 0.3) is 0 Å². The van der Waals surface area contributed by atoms with Gasteiger partial charge in [-0.15, -0.1) is 0 Å². The van der Waals surface area contributed by atoms with E-state index in [-0.39, 0.29) is 16.9 Å². The number of nitrogens with one attached hydrogen (secondary N) is 1. The number of halogens is 2. The predicted octanol–water partition coefficient (Wildman–Crippen LogP) is 2.19. The van der Waals surface area contributed by atoms with Crippen molar-refractivity contribution in [3.05, 3.63) is 53.9 Å². The van der Waals surface area contributed by atoms with Crippen LogP contribution in [0, 0.1) is 11.6 Å². The molecule has 0 aliphatic carbocycles. The van der Waals surface area contributed by atoms with E-state index < -0.39 is 17.5 Å². The summed E-state index contributed by atoms with van der Waals surface area (Å²) in [6.45, 7) is 0. The minimum absolute atomic E-state index is 0.176. The van der Waals surface area contributed by atoms with E-state index in [0.717, 1.165) is 6.07 Å². The summed E-state index contributed by atoms with van der Waals surface area (Å²) in [4.78, 5) is 15.5. The maximum Gasteiger partial charge on any atom is 0.257 e. The zero-order chi connectivity index (χ0) is 13.1. The Labute approximate surface area is 101 Å². The van der Waals surface area contributed by atoms with Gasteiger partial charge in [-0.25, -0.2) is 8.78 Å². The summed E-state index contributed by atoms with van der Waals surface area (Å²) in [5.74, 6) is -2.30. The number of carbonyl (C=O) groups excluding carboxylic acids is 1. The van der Waals surface area contributed by atoms with E-state index in [1.165, 1.54) is 18.5 Å². The van der Waals surface area contributed by atoms with Gasteiger partial charge in [0.1, 0.15) is 11.5 Å². The van der Waals surface area contributed by atoms with E-state index in [9.17, 15) is 13.6 Å². The van der Waals surface area contributed by atoms with Crippen LogP contribution < -0.4 is 11.1 Å². The SMILES string of the molecule is Nc1cc(F)cc(F)c1NC(=O)c1cccnc1. The lowest BCUT2D eigenvalue weighted by atomic mass is 10.2. The van der Waals surface area contributed by atoms with Crippen molar-refractivity contribution in [3.8, 4) is 0 Å². The summed E-state index contributed by atoms with van der Waals surface area (Å²) in [5.41, 5.74) is 5.27. The number of nitrogen functional groups attached to an aromatic ring is 1. The molecule has 0 bridgehead atoms. The number of nitrogens with zero attached hydrogens (tertiary/aromatic N) is 1. The molecule has 0 aliphatic rings. The summed E-state index contributed by atoms with van der Waals surface area (Å²) < 4.78 is 26.3. The number of pyridine rings is 1. The molecule has 92 valence electrons. The highest BCUT2D eigenvalue weighted by atomic mass is 19.1. The van der Waals surface area contributed by atoms with Crippen LogP contribution in [0.4, 0.5) is 20.2 Å². The fourth-order valence-electron chi connectivity index (χ4n) is 1.41. The van der Waals surface area contributed by atoms with Crippen molar-refractivity contribution in [2.75, 3.05) is 11.1 Å². The largest absolute Gasteiger partial charge is 0.397 e. The average molecular weight is 249 g/mol. The van der Waals surface area contributed by atoms with Gasteiger partial charge in [-0.1, -0.05) is 0 Å². The van der Waals surface area contributed by atoms with Gasteiger partial charge >= 0.3 is 0 Å². The van der Waals surface area contributed by atoms with Crippen LogP contribution in [-0.4, -0.2) is 10.9 Å². The van der Waals surface area contributed by atoms with E-state index in [1.54, 1.807) is 6.07 Å². The lowest BCUT2D eigenvalue weighted by Crippen LogP contribution is -2.14. The molecule has 1 aromatic carbocycles. The molecule has 6 heteroatoms. The molecule has 2 rings (SSSR count). The maximum absolute atomic E-state index is 13.4. The van der Waals surface area contributed by atoms with E-state index in [4.69, 9.17) is 5.73 Å². The van der Waals surface area contributed by atoms with Gasteiger partial charge in [0.25, 0.3) is 5.91 Å². The third-order valence-corrected chi connectivity index (χ3v) is 2.25. The number of rotatable bonds is 2. The second kappa shape index (κ2) is 4.79. The van der Waals surface area contributed by atoms with E-state index in [1.807, 2.05) is 0 Å². The summed E-state index contributed by atoms with van der Waals surface area (Å²) in [5, 5.41) is 2.28. The molecule has 0 atom stereocenters. The average Bonchev–Trinajstić information content (AvgIpc) is 2.34. The number of benzene rings is 1. The normalized spacial score (nSPS) is 10.1. The van der Waals surface area contributed by atoms with E-state index >= 15 is 0 Å². The molecule has 0 aliphatic heterocycles. The van der Waals surface area contributed by atoms with Crippen molar-refractivity contribution in [1.29, 1.82) is 0 Å². The Morgan fingerprint density at radius 2 is 2.11 bits per heavy atom. The molecule has 0 fully saturated rings. The number of amides is 1. The van der Waals surface area contributed by atoms with Gasteiger partial charge in [0.2, 0.25) is 0 Å². The quantitative estimate of drug-likeness (QED) is 0.801. The van der Waals surface area contributed by atoms with Crippen molar-refractivity contribution < 1.29 is 13.6 Å². The fourth-order valence-corrected chi connectivity index (χ4v) is 1.41. The van der Waals surface area contributed by atoms with Crippen LogP contribution in [0.15, 0.2) is 36.7 Å². The Balaban J connectivity index is 2.28. The molecular formula is C12H9F2N3O. The lowest BCUT2D eigenvalue weighted by Gasteiger charge is -2.09. The van der Waals surface area contributed by atoms with Gasteiger partial charge in [-0.3, -0.25) is 9.78 Å². The van der Waals surface area contributed by atoms with Gasteiger partial charge in [0, 0.05) is 18.5 Å². The molecule has 3 N–H and O–H groups in total. The second-order valence-corrected chi connectivity index (χ2v) is 3.55. The van der Waals surface area contributed by atoms with Gasteiger partial charge < -0.3 is 11.1 Å². The van der Waals surface area contributed by atoms with Gasteiger partial charge in [0.05, 0.1) is 11.3 Å². The minimum atomic E-state index is -0.926. The Morgan fingerprint density at radius 1 is 1.33 bits per heavy atom. The third-order valence-electron chi connectivity index (χ3n) is 2.25. The van der Waals surface area contributed by atoms with Crippen molar-refractivity contribution in [1.82, 2.24) is 4.98 Å². The van der Waals surface area contributed by atoms with Gasteiger partial charge in [-0.2, -0.15) is 0 Å². The Kier molecular flexibility index (Phi) is 3.18. The minimum Gasteiger partial charge on any atom is -0.397 e. The number of hydrogen-bond donors (Lipinski definition) is 2. The molecule has 1 aromatic heterocycles. The Hall–Kier alpha value is -2.50. The molecule has 0 unspecified atom stereocenters. The van der Waals surface area contributed by atoms with Crippen molar-refractivity contribution in [2.45, 2.75) is 0 Å². The van der Waals surface area contributed by atoms with Crippen LogP contribution >= 0.6 is 0 Å². The second-order valence-electron chi connectivity index (χ2n) is 3.55. The summed E-state index contributed by atoms with van der Waals surface area (Å²) in [6.07, 6.45) is 2.83. The number of hydrogen-bond acceptors (Lipinski definition) is 3.